The zero-order chi connectivity index (χ0) is 6.81. The summed E-state index contributed by atoms with van der Waals surface area (Å²) < 4.78 is 0. The van der Waals surface area contributed by atoms with E-state index in [0.717, 1.165) is 17.8 Å². The maximum atomic E-state index is 3.54. The van der Waals surface area contributed by atoms with Crippen LogP contribution in [0.5, 0.6) is 0 Å². The summed E-state index contributed by atoms with van der Waals surface area (Å²) in [6.45, 7) is 1.12. The molecule has 1 nitrogen and oxygen atoms in total. The summed E-state index contributed by atoms with van der Waals surface area (Å²) in [5.74, 6) is 2.31. The van der Waals surface area contributed by atoms with E-state index in [9.17, 15) is 0 Å². The lowest BCUT2D eigenvalue weighted by atomic mass is 9.95. The standard InChI is InChI=1S/C8H14NS/c1-2-4-8-7(3-1)9-5-6-10-8/h6-9H,1-5H2. The van der Waals surface area contributed by atoms with Crippen molar-refractivity contribution in [2.45, 2.75) is 37.0 Å². The molecular formula is C8H14NS. The van der Waals surface area contributed by atoms with Gasteiger partial charge in [-0.25, -0.2) is 0 Å². The van der Waals surface area contributed by atoms with Gasteiger partial charge in [-0.05, 0) is 12.8 Å². The lowest BCUT2D eigenvalue weighted by Gasteiger charge is -2.35. The average molecular weight is 156 g/mol. The first kappa shape index (κ1) is 6.99. The molecule has 1 aliphatic heterocycles. The Kier molecular flexibility index (Phi) is 2.19. The van der Waals surface area contributed by atoms with Gasteiger partial charge in [0.25, 0.3) is 0 Å². The van der Waals surface area contributed by atoms with E-state index in [1.165, 1.54) is 25.7 Å². The van der Waals surface area contributed by atoms with E-state index in [4.69, 9.17) is 0 Å². The molecule has 57 valence electrons. The van der Waals surface area contributed by atoms with E-state index in [1.54, 1.807) is 0 Å². The first-order valence-electron chi connectivity index (χ1n) is 4.17. The van der Waals surface area contributed by atoms with Crippen LogP contribution >= 0.6 is 11.8 Å². The summed E-state index contributed by atoms with van der Waals surface area (Å²) in [7, 11) is 0. The maximum Gasteiger partial charge on any atom is 0.0307 e. The van der Waals surface area contributed by atoms with Crippen molar-refractivity contribution in [3.63, 3.8) is 0 Å². The summed E-state index contributed by atoms with van der Waals surface area (Å²) in [6, 6.07) is 0.837. The van der Waals surface area contributed by atoms with Crippen molar-refractivity contribution in [2.75, 3.05) is 6.54 Å². The third-order valence-electron chi connectivity index (χ3n) is 2.44. The molecule has 1 saturated carbocycles. The van der Waals surface area contributed by atoms with Gasteiger partial charge in [0.1, 0.15) is 0 Å². The molecule has 0 bridgehead atoms. The van der Waals surface area contributed by atoms with Gasteiger partial charge in [-0.3, -0.25) is 0 Å². The van der Waals surface area contributed by atoms with E-state index < -0.39 is 0 Å². The third-order valence-corrected chi connectivity index (χ3v) is 3.71. The Labute approximate surface area is 67.0 Å². The van der Waals surface area contributed by atoms with Crippen LogP contribution in [0.25, 0.3) is 0 Å². The minimum atomic E-state index is 0.837. The highest BCUT2D eigenvalue weighted by Gasteiger charge is 2.27. The molecule has 10 heavy (non-hydrogen) atoms. The Morgan fingerprint density at radius 3 is 3.10 bits per heavy atom. The van der Waals surface area contributed by atoms with Gasteiger partial charge < -0.3 is 5.32 Å². The molecule has 1 saturated heterocycles. The van der Waals surface area contributed by atoms with Crippen LogP contribution in [-0.4, -0.2) is 17.8 Å². The van der Waals surface area contributed by atoms with Gasteiger partial charge in [0.05, 0.1) is 0 Å². The van der Waals surface area contributed by atoms with E-state index in [-0.39, 0.29) is 0 Å². The van der Waals surface area contributed by atoms with Crippen molar-refractivity contribution in [3.8, 4) is 0 Å². The molecule has 2 heteroatoms. The van der Waals surface area contributed by atoms with Gasteiger partial charge in [-0.2, -0.15) is 11.8 Å². The van der Waals surface area contributed by atoms with Gasteiger partial charge >= 0.3 is 0 Å². The Balaban J connectivity index is 1.93. The summed E-state index contributed by atoms with van der Waals surface area (Å²) in [4.78, 5) is 0. The van der Waals surface area contributed by atoms with Crippen LogP contribution in [0.4, 0.5) is 0 Å². The highest BCUT2D eigenvalue weighted by molar-refractivity contribution is 8.02. The van der Waals surface area contributed by atoms with Crippen molar-refractivity contribution in [3.05, 3.63) is 5.75 Å². The molecule has 1 heterocycles. The molecule has 1 N–H and O–H groups in total. The SMILES string of the molecule is [CH]1CNC2CCCCC2S1. The largest absolute Gasteiger partial charge is 0.312 e. The van der Waals surface area contributed by atoms with Crippen molar-refractivity contribution in [1.29, 1.82) is 0 Å². The quantitative estimate of drug-likeness (QED) is 0.574. The Bertz CT molecular complexity index is 89.8. The zero-order valence-electron chi connectivity index (χ0n) is 6.18. The van der Waals surface area contributed by atoms with Gasteiger partial charge in [0.2, 0.25) is 0 Å². The number of hydrogen-bond acceptors (Lipinski definition) is 2. The molecule has 2 fully saturated rings. The molecule has 0 spiro atoms. The zero-order valence-corrected chi connectivity index (χ0v) is 6.99. The lowest BCUT2D eigenvalue weighted by molar-refractivity contribution is 0.388. The van der Waals surface area contributed by atoms with Gasteiger partial charge in [-0.1, -0.05) is 12.8 Å². The van der Waals surface area contributed by atoms with Crippen LogP contribution < -0.4 is 5.32 Å². The fourth-order valence-corrected chi connectivity index (χ4v) is 3.03. The molecular weight excluding hydrogens is 142 g/mol. The summed E-state index contributed by atoms with van der Waals surface area (Å²) in [5.41, 5.74) is 0. The normalized spacial score (nSPS) is 40.8. The predicted molar refractivity (Wildman–Crippen MR) is 45.9 cm³/mol. The van der Waals surface area contributed by atoms with E-state index in [1.807, 2.05) is 0 Å². The minimum Gasteiger partial charge on any atom is -0.312 e. The van der Waals surface area contributed by atoms with Crippen LogP contribution in [0.1, 0.15) is 25.7 Å². The van der Waals surface area contributed by atoms with Crippen molar-refractivity contribution >= 4 is 11.8 Å². The summed E-state index contributed by atoms with van der Waals surface area (Å²) in [5, 5.41) is 4.45. The fourth-order valence-electron chi connectivity index (χ4n) is 1.86. The summed E-state index contributed by atoms with van der Waals surface area (Å²) >= 11 is 2.06. The summed E-state index contributed by atoms with van der Waals surface area (Å²) in [6.07, 6.45) is 5.72. The highest BCUT2D eigenvalue weighted by atomic mass is 32.2. The lowest BCUT2D eigenvalue weighted by Crippen LogP contribution is -2.44. The molecule has 2 unspecified atom stereocenters. The van der Waals surface area contributed by atoms with Crippen LogP contribution in [0.3, 0.4) is 0 Å². The molecule has 1 aliphatic carbocycles. The molecule has 2 rings (SSSR count). The molecule has 0 aromatic carbocycles. The number of nitrogens with one attached hydrogen (secondary N) is 1. The van der Waals surface area contributed by atoms with Crippen molar-refractivity contribution in [1.82, 2.24) is 5.32 Å². The minimum absolute atomic E-state index is 0.837. The van der Waals surface area contributed by atoms with E-state index in [0.29, 0.717) is 0 Å². The van der Waals surface area contributed by atoms with Gasteiger partial charge in [-0.15, -0.1) is 0 Å². The maximum absolute atomic E-state index is 3.54. The Hall–Kier alpha value is 0.310. The first-order valence-corrected chi connectivity index (χ1v) is 5.11. The van der Waals surface area contributed by atoms with Crippen LogP contribution in [0.2, 0.25) is 0 Å². The number of thioether (sulfide) groups is 1. The van der Waals surface area contributed by atoms with Gasteiger partial charge in [0.15, 0.2) is 0 Å². The highest BCUT2D eigenvalue weighted by Crippen LogP contribution is 2.32. The van der Waals surface area contributed by atoms with E-state index in [2.05, 4.69) is 22.8 Å². The molecule has 0 aromatic rings. The number of fused-ring (bicyclic) bond motifs is 1. The monoisotopic (exact) mass is 156 g/mol. The number of rotatable bonds is 0. The second-order valence-electron chi connectivity index (χ2n) is 3.14. The molecule has 0 amide bonds. The molecule has 0 aromatic heterocycles. The fraction of sp³-hybridized carbons (Fsp3) is 0.875. The smallest absolute Gasteiger partial charge is 0.0307 e. The van der Waals surface area contributed by atoms with Crippen LogP contribution in [0.15, 0.2) is 0 Å². The molecule has 2 atom stereocenters. The van der Waals surface area contributed by atoms with Crippen molar-refractivity contribution in [2.24, 2.45) is 0 Å². The second-order valence-corrected chi connectivity index (χ2v) is 4.35. The average Bonchev–Trinajstić information content (AvgIpc) is 2.05. The Morgan fingerprint density at radius 2 is 2.20 bits per heavy atom. The number of hydrogen-bond donors (Lipinski definition) is 1. The first-order chi connectivity index (χ1) is 4.97. The molecule has 1 radical (unpaired) electrons. The Morgan fingerprint density at radius 1 is 1.30 bits per heavy atom. The third kappa shape index (κ3) is 1.32. The van der Waals surface area contributed by atoms with Crippen LogP contribution in [0, 0.1) is 5.75 Å². The van der Waals surface area contributed by atoms with Crippen LogP contribution in [-0.2, 0) is 0 Å². The second kappa shape index (κ2) is 3.14. The predicted octanol–water partition coefficient (Wildman–Crippen LogP) is 1.80. The topological polar surface area (TPSA) is 12.0 Å². The van der Waals surface area contributed by atoms with Crippen molar-refractivity contribution < 1.29 is 0 Å². The molecule has 2 aliphatic rings. The van der Waals surface area contributed by atoms with Gasteiger partial charge in [0, 0.05) is 23.6 Å². The van der Waals surface area contributed by atoms with E-state index >= 15 is 0 Å².